The van der Waals surface area contributed by atoms with Crippen molar-refractivity contribution in [3.63, 3.8) is 0 Å². The number of sulfone groups is 1. The molecule has 1 aromatic heterocycles. The van der Waals surface area contributed by atoms with Crippen molar-refractivity contribution in [1.82, 2.24) is 14.7 Å². The molecule has 1 heterocycles. The Hall–Kier alpha value is -4.22. The van der Waals surface area contributed by atoms with Gasteiger partial charge in [-0.05, 0) is 29.8 Å². The Bertz CT molecular complexity index is 1460. The Kier molecular flexibility index (Phi) is 7.09. The van der Waals surface area contributed by atoms with Crippen molar-refractivity contribution in [1.29, 1.82) is 5.26 Å². The normalized spacial score (nSPS) is 11.1. The molecule has 1 amide bonds. The number of para-hydroxylation sites is 1. The van der Waals surface area contributed by atoms with E-state index in [-0.39, 0.29) is 12.3 Å². The van der Waals surface area contributed by atoms with Crippen LogP contribution in [0.5, 0.6) is 0 Å². The molecule has 0 spiro atoms. The molecular weight excluding hydrogens is 460 g/mol. The summed E-state index contributed by atoms with van der Waals surface area (Å²) in [6.07, 6.45) is 1.87. The smallest absolute Gasteiger partial charge is 0.237 e. The fourth-order valence-electron chi connectivity index (χ4n) is 3.70. The van der Waals surface area contributed by atoms with Gasteiger partial charge in [0.05, 0.1) is 28.8 Å². The number of hydrogen-bond acceptors (Lipinski definition) is 5. The minimum Gasteiger partial charge on any atom is -0.340 e. The Morgan fingerprint density at radius 2 is 1.60 bits per heavy atom. The zero-order valence-electron chi connectivity index (χ0n) is 19.2. The molecule has 0 saturated heterocycles. The van der Waals surface area contributed by atoms with E-state index >= 15 is 0 Å². The van der Waals surface area contributed by atoms with Crippen LogP contribution in [0, 0.1) is 11.3 Å². The Labute approximate surface area is 204 Å². The topological polar surface area (TPSA) is 96.1 Å². The number of hydrogen-bond donors (Lipinski definition) is 0. The molecule has 176 valence electrons. The van der Waals surface area contributed by atoms with Crippen LogP contribution >= 0.6 is 0 Å². The summed E-state index contributed by atoms with van der Waals surface area (Å²) >= 11 is 0. The van der Waals surface area contributed by atoms with E-state index in [9.17, 15) is 13.2 Å². The highest BCUT2D eigenvalue weighted by molar-refractivity contribution is 7.91. The first kappa shape index (κ1) is 23.9. The van der Waals surface area contributed by atoms with Gasteiger partial charge in [0.25, 0.3) is 0 Å². The number of carbonyl (C=O) groups excluding carboxylic acids is 1. The van der Waals surface area contributed by atoms with Crippen molar-refractivity contribution >= 4 is 15.7 Å². The molecule has 4 rings (SSSR count). The number of rotatable bonds is 8. The van der Waals surface area contributed by atoms with Gasteiger partial charge in [-0.1, -0.05) is 60.7 Å². The number of benzene rings is 3. The average Bonchev–Trinajstić information content (AvgIpc) is 3.29. The molecule has 4 aromatic rings. The molecule has 7 nitrogen and oxygen atoms in total. The van der Waals surface area contributed by atoms with E-state index in [1.165, 1.54) is 4.90 Å². The Morgan fingerprint density at radius 1 is 0.971 bits per heavy atom. The predicted molar refractivity (Wildman–Crippen MR) is 134 cm³/mol. The van der Waals surface area contributed by atoms with Crippen molar-refractivity contribution in [3.05, 3.63) is 108 Å². The van der Waals surface area contributed by atoms with Crippen LogP contribution in [0.15, 0.2) is 91.1 Å². The van der Waals surface area contributed by atoms with Crippen molar-refractivity contribution in [3.8, 4) is 23.0 Å². The summed E-state index contributed by atoms with van der Waals surface area (Å²) in [6.45, 7) is 0.211. The first-order chi connectivity index (χ1) is 16.8. The van der Waals surface area contributed by atoms with Crippen molar-refractivity contribution in [2.45, 2.75) is 12.3 Å². The number of aromatic nitrogens is 2. The monoisotopic (exact) mass is 484 g/mol. The van der Waals surface area contributed by atoms with Gasteiger partial charge in [0.2, 0.25) is 5.91 Å². The van der Waals surface area contributed by atoms with E-state index in [1.54, 1.807) is 36.0 Å². The minimum atomic E-state index is -3.69. The molecule has 0 N–H and O–H groups in total. The van der Waals surface area contributed by atoms with Gasteiger partial charge in [-0.3, -0.25) is 4.79 Å². The van der Waals surface area contributed by atoms with Gasteiger partial charge in [-0.15, -0.1) is 0 Å². The van der Waals surface area contributed by atoms with E-state index in [2.05, 4.69) is 0 Å². The quantitative estimate of drug-likeness (QED) is 0.377. The van der Waals surface area contributed by atoms with E-state index < -0.39 is 21.5 Å². The SMILES string of the molecule is CN(Cc1cn(-c2ccccc2)nc1-c1ccccc1)C(=O)CS(=O)(=O)Cc1ccc(C#N)cc1. The molecule has 0 aliphatic heterocycles. The van der Waals surface area contributed by atoms with E-state index in [1.807, 2.05) is 72.9 Å². The molecule has 35 heavy (non-hydrogen) atoms. The maximum Gasteiger partial charge on any atom is 0.237 e. The molecule has 0 saturated carbocycles. The summed E-state index contributed by atoms with van der Waals surface area (Å²) in [5.41, 5.74) is 4.32. The fourth-order valence-corrected chi connectivity index (χ4v) is 5.10. The molecule has 0 radical (unpaired) electrons. The van der Waals surface area contributed by atoms with Crippen LogP contribution in [0.25, 0.3) is 16.9 Å². The highest BCUT2D eigenvalue weighted by Crippen LogP contribution is 2.25. The molecule has 0 fully saturated rings. The predicted octanol–water partition coefficient (Wildman–Crippen LogP) is 3.98. The lowest BCUT2D eigenvalue weighted by Crippen LogP contribution is -2.32. The van der Waals surface area contributed by atoms with E-state index in [0.29, 0.717) is 11.1 Å². The molecule has 0 bridgehead atoms. The van der Waals surface area contributed by atoms with Crippen molar-refractivity contribution < 1.29 is 13.2 Å². The molecule has 0 aliphatic rings. The fraction of sp³-hybridized carbons (Fsp3) is 0.148. The largest absolute Gasteiger partial charge is 0.340 e. The van der Waals surface area contributed by atoms with E-state index in [4.69, 9.17) is 10.4 Å². The van der Waals surface area contributed by atoms with E-state index in [0.717, 1.165) is 22.5 Å². The number of nitrogens with zero attached hydrogens (tertiary/aromatic N) is 4. The van der Waals surface area contributed by atoms with Gasteiger partial charge in [-0.2, -0.15) is 10.4 Å². The summed E-state index contributed by atoms with van der Waals surface area (Å²) in [6, 6.07) is 27.6. The lowest BCUT2D eigenvalue weighted by atomic mass is 10.1. The number of carbonyl (C=O) groups is 1. The standard InChI is InChI=1S/C27H24N4O3S/c1-30(26(32)20-35(33,34)19-22-14-12-21(16-28)13-15-22)17-24-18-31(25-10-6-3-7-11-25)29-27(24)23-8-4-2-5-9-23/h2-15,18H,17,19-20H2,1H3. The molecular formula is C27H24N4O3S. The van der Waals surface area contributed by atoms with Crippen LogP contribution in [0.1, 0.15) is 16.7 Å². The third-order valence-corrected chi connectivity index (χ3v) is 6.96. The lowest BCUT2D eigenvalue weighted by molar-refractivity contribution is -0.127. The maximum atomic E-state index is 12.9. The summed E-state index contributed by atoms with van der Waals surface area (Å²) in [4.78, 5) is 14.3. The summed E-state index contributed by atoms with van der Waals surface area (Å²) < 4.78 is 27.1. The summed E-state index contributed by atoms with van der Waals surface area (Å²) in [5.74, 6) is -1.36. The van der Waals surface area contributed by atoms with Crippen LogP contribution < -0.4 is 0 Å². The number of nitriles is 1. The molecule has 3 aromatic carbocycles. The average molecular weight is 485 g/mol. The highest BCUT2D eigenvalue weighted by atomic mass is 32.2. The van der Waals surface area contributed by atoms with Crippen LogP contribution in [0.4, 0.5) is 0 Å². The van der Waals surface area contributed by atoms with Crippen molar-refractivity contribution in [2.75, 3.05) is 12.8 Å². The van der Waals surface area contributed by atoms with Crippen LogP contribution in [0.3, 0.4) is 0 Å². The highest BCUT2D eigenvalue weighted by Gasteiger charge is 2.22. The van der Waals surface area contributed by atoms with Crippen LogP contribution in [-0.4, -0.2) is 41.8 Å². The van der Waals surface area contributed by atoms with Gasteiger partial charge >= 0.3 is 0 Å². The van der Waals surface area contributed by atoms with Gasteiger partial charge in [0.1, 0.15) is 5.75 Å². The Morgan fingerprint density at radius 3 is 2.23 bits per heavy atom. The van der Waals surface area contributed by atoms with Gasteiger partial charge in [0, 0.05) is 30.9 Å². The summed E-state index contributed by atoms with van der Waals surface area (Å²) in [5, 5.41) is 13.6. The third-order valence-electron chi connectivity index (χ3n) is 5.50. The zero-order valence-corrected chi connectivity index (χ0v) is 20.0. The minimum absolute atomic E-state index is 0.211. The lowest BCUT2D eigenvalue weighted by Gasteiger charge is -2.17. The molecule has 8 heteroatoms. The van der Waals surface area contributed by atoms with Crippen molar-refractivity contribution in [2.24, 2.45) is 0 Å². The first-order valence-corrected chi connectivity index (χ1v) is 12.8. The second-order valence-corrected chi connectivity index (χ2v) is 10.3. The Balaban J connectivity index is 1.52. The summed E-state index contributed by atoms with van der Waals surface area (Å²) in [7, 11) is -2.09. The van der Waals surface area contributed by atoms with Gasteiger partial charge in [-0.25, -0.2) is 13.1 Å². The van der Waals surface area contributed by atoms with Gasteiger partial charge in [0.15, 0.2) is 9.84 Å². The first-order valence-electron chi connectivity index (χ1n) is 11.0. The third kappa shape index (κ3) is 6.02. The molecule has 0 atom stereocenters. The maximum absolute atomic E-state index is 12.9. The zero-order chi connectivity index (χ0) is 24.8. The van der Waals surface area contributed by atoms with Crippen LogP contribution in [-0.2, 0) is 26.9 Å². The molecule has 0 aliphatic carbocycles. The number of amides is 1. The second kappa shape index (κ2) is 10.4. The van der Waals surface area contributed by atoms with Crippen LogP contribution in [0.2, 0.25) is 0 Å². The molecule has 0 unspecified atom stereocenters. The second-order valence-electron chi connectivity index (χ2n) is 8.24. The van der Waals surface area contributed by atoms with Gasteiger partial charge < -0.3 is 4.90 Å².